The Kier molecular flexibility index (Phi) is 16.1. The van der Waals surface area contributed by atoms with Crippen LogP contribution in [0.2, 0.25) is 0 Å². The third-order valence-electron chi connectivity index (χ3n) is 11.4. The molecular weight excluding hydrogens is 845 g/mol. The molecule has 15 nitrogen and oxygen atoms in total. The maximum absolute atomic E-state index is 14.7. The van der Waals surface area contributed by atoms with Crippen molar-refractivity contribution in [3.63, 3.8) is 0 Å². The van der Waals surface area contributed by atoms with Crippen LogP contribution in [0.25, 0.3) is 21.8 Å². The number of aromatic nitrogens is 5. The molecule has 4 aromatic heterocycles. The van der Waals surface area contributed by atoms with Gasteiger partial charge in [-0.15, -0.1) is 11.3 Å². The van der Waals surface area contributed by atoms with Crippen molar-refractivity contribution in [3.05, 3.63) is 142 Å². The van der Waals surface area contributed by atoms with E-state index in [4.69, 9.17) is 4.74 Å². The maximum atomic E-state index is 14.7. The predicted molar refractivity (Wildman–Crippen MR) is 250 cm³/mol. The van der Waals surface area contributed by atoms with Crippen molar-refractivity contribution in [1.29, 1.82) is 0 Å². The minimum absolute atomic E-state index is 0.000381. The molecule has 6 rings (SSSR count). The van der Waals surface area contributed by atoms with Crippen molar-refractivity contribution >= 4 is 29.2 Å². The number of carbonyl (C=O) groups excluding carboxylic acids is 3. The summed E-state index contributed by atoms with van der Waals surface area (Å²) in [6.07, 6.45) is 5.43. The highest BCUT2D eigenvalue weighted by atomic mass is 32.1. The quantitative estimate of drug-likeness (QED) is 0.0594. The molecule has 342 valence electrons. The molecular formula is C49H58N8O7S. The number of pyridine rings is 2. The molecule has 5 N–H and O–H groups in total. The van der Waals surface area contributed by atoms with Gasteiger partial charge in [0, 0.05) is 41.1 Å². The summed E-state index contributed by atoms with van der Waals surface area (Å²) in [7, 11) is 1.23. The summed E-state index contributed by atoms with van der Waals surface area (Å²) in [5.74, 6) is -1.69. The molecule has 6 aromatic rings. The lowest BCUT2D eigenvalue weighted by molar-refractivity contribution is -0.128. The van der Waals surface area contributed by atoms with Gasteiger partial charge in [0.05, 0.1) is 43.4 Å². The maximum Gasteiger partial charge on any atom is 0.407 e. The van der Waals surface area contributed by atoms with Gasteiger partial charge in [-0.25, -0.2) is 14.6 Å². The fourth-order valence-electron chi connectivity index (χ4n) is 7.71. The lowest BCUT2D eigenvalue weighted by Gasteiger charge is -2.33. The van der Waals surface area contributed by atoms with Gasteiger partial charge in [-0.3, -0.25) is 28.7 Å². The number of imidazole rings is 1. The summed E-state index contributed by atoms with van der Waals surface area (Å²) in [5.41, 5.74) is 3.50. The van der Waals surface area contributed by atoms with E-state index in [-0.39, 0.29) is 31.2 Å². The second kappa shape index (κ2) is 21.8. The summed E-state index contributed by atoms with van der Waals surface area (Å²) < 4.78 is 7.27. The summed E-state index contributed by atoms with van der Waals surface area (Å²) in [5, 5.41) is 34.8. The molecule has 6 unspecified atom stereocenters. The van der Waals surface area contributed by atoms with Gasteiger partial charge < -0.3 is 30.9 Å². The molecule has 6 atom stereocenters. The van der Waals surface area contributed by atoms with Crippen molar-refractivity contribution in [2.75, 3.05) is 7.11 Å². The van der Waals surface area contributed by atoms with E-state index in [1.165, 1.54) is 33.8 Å². The van der Waals surface area contributed by atoms with Crippen molar-refractivity contribution in [3.8, 4) is 27.7 Å². The van der Waals surface area contributed by atoms with Crippen molar-refractivity contribution in [2.45, 2.75) is 97.1 Å². The highest BCUT2D eigenvalue weighted by molar-refractivity contribution is 7.13. The Morgan fingerprint density at radius 2 is 1.58 bits per heavy atom. The summed E-state index contributed by atoms with van der Waals surface area (Å²) >= 11 is 1.39. The number of nitrogens with one attached hydrogen (secondary N) is 3. The number of aliphatic hydroxyl groups is 1. The van der Waals surface area contributed by atoms with E-state index < -0.39 is 59.3 Å². The molecule has 0 aliphatic heterocycles. The van der Waals surface area contributed by atoms with Crippen LogP contribution in [0.4, 0.5) is 4.79 Å². The molecule has 0 aliphatic carbocycles. The molecule has 4 heterocycles. The minimum Gasteiger partial charge on any atom is -0.493 e. The molecule has 0 fully saturated rings. The zero-order valence-corrected chi connectivity index (χ0v) is 38.4. The van der Waals surface area contributed by atoms with Gasteiger partial charge >= 0.3 is 11.8 Å². The Morgan fingerprint density at radius 3 is 2.23 bits per heavy atom. The number of carbonyl (C=O) groups is 3. The van der Waals surface area contributed by atoms with Crippen molar-refractivity contribution in [2.24, 2.45) is 11.3 Å². The number of alkyl carbamates (subject to hydrolysis) is 1. The zero-order valence-electron chi connectivity index (χ0n) is 37.5. The molecule has 2 aromatic carbocycles. The second-order valence-corrected chi connectivity index (χ2v) is 18.2. The Labute approximate surface area is 383 Å². The molecule has 0 bridgehead atoms. The van der Waals surface area contributed by atoms with Crippen LogP contribution >= 0.6 is 11.3 Å². The number of aliphatic hydroxyl groups excluding tert-OH is 1. The average Bonchev–Trinajstić information content (AvgIpc) is 3.88. The Morgan fingerprint density at radius 1 is 0.862 bits per heavy atom. The fraction of sp³-hybridized carbons (Fsp3) is 0.367. The first-order chi connectivity index (χ1) is 31.1. The predicted octanol–water partition coefficient (Wildman–Crippen LogP) is 6.55. The number of rotatable bonds is 19. The smallest absolute Gasteiger partial charge is 0.407 e. The van der Waals surface area contributed by atoms with Crippen LogP contribution in [0.3, 0.4) is 0 Å². The number of benzene rings is 2. The van der Waals surface area contributed by atoms with E-state index in [9.17, 15) is 29.4 Å². The Bertz CT molecular complexity index is 2540. The van der Waals surface area contributed by atoms with E-state index >= 15 is 0 Å². The molecule has 3 amide bonds. The topological polar surface area (TPSA) is 203 Å². The van der Waals surface area contributed by atoms with Crippen LogP contribution in [0, 0.1) is 11.3 Å². The highest BCUT2D eigenvalue weighted by Gasteiger charge is 2.37. The zero-order chi connectivity index (χ0) is 46.7. The Balaban J connectivity index is 1.28. The average molecular weight is 903 g/mol. The summed E-state index contributed by atoms with van der Waals surface area (Å²) in [6.45, 7) is 9.21. The van der Waals surface area contributed by atoms with Crippen LogP contribution in [0.15, 0.2) is 120 Å². The van der Waals surface area contributed by atoms with Gasteiger partial charge in [0.2, 0.25) is 17.7 Å². The first-order valence-electron chi connectivity index (χ1n) is 21.7. The molecule has 0 saturated carbocycles. The molecule has 0 radical (unpaired) electrons. The monoisotopic (exact) mass is 902 g/mol. The third kappa shape index (κ3) is 12.5. The van der Waals surface area contributed by atoms with Crippen molar-refractivity contribution < 1.29 is 29.3 Å². The lowest BCUT2D eigenvalue weighted by Crippen LogP contribution is -2.57. The fourth-order valence-corrected chi connectivity index (χ4v) is 8.52. The summed E-state index contributed by atoms with van der Waals surface area (Å²) in [6, 6.07) is 22.9. The van der Waals surface area contributed by atoms with E-state index in [1.54, 1.807) is 18.6 Å². The molecule has 0 aliphatic rings. The van der Waals surface area contributed by atoms with Crippen LogP contribution in [-0.4, -0.2) is 83.5 Å². The van der Waals surface area contributed by atoms with E-state index in [2.05, 4.69) is 30.9 Å². The van der Waals surface area contributed by atoms with Crippen LogP contribution in [0.5, 0.6) is 5.88 Å². The summed E-state index contributed by atoms with van der Waals surface area (Å²) in [4.78, 5) is 68.5. The van der Waals surface area contributed by atoms with Gasteiger partial charge in [0.25, 0.3) is 0 Å². The SMILES string of the molecule is CCC(C)C(C(=O)NC(Cc1ccccc1)C(O)CC(Cc1ccc(-c2ccccn2)cc1)NC(=O)C(NC(=O)OC)C(C)(C)C)n1cc(O)n(Cc2csc(-c3cccnc3)n2)c1=O. The van der Waals surface area contributed by atoms with E-state index in [0.717, 1.165) is 27.9 Å². The van der Waals surface area contributed by atoms with Gasteiger partial charge in [-0.2, -0.15) is 0 Å². The largest absolute Gasteiger partial charge is 0.493 e. The Hall–Kier alpha value is -6.65. The number of ether oxygens (including phenoxy) is 1. The molecule has 65 heavy (non-hydrogen) atoms. The second-order valence-electron chi connectivity index (χ2n) is 17.3. The van der Waals surface area contributed by atoms with Gasteiger partial charge in [-0.1, -0.05) is 102 Å². The van der Waals surface area contributed by atoms with Crippen molar-refractivity contribution in [1.82, 2.24) is 40.0 Å². The van der Waals surface area contributed by atoms with Crippen LogP contribution < -0.4 is 21.6 Å². The highest BCUT2D eigenvalue weighted by Crippen LogP contribution is 2.27. The van der Waals surface area contributed by atoms with Gasteiger partial charge in [0.1, 0.15) is 17.1 Å². The number of thiazole rings is 1. The number of methoxy groups -OCH3 is 1. The van der Waals surface area contributed by atoms with E-state index in [1.807, 2.05) is 125 Å². The number of nitrogens with zero attached hydrogens (tertiary/aromatic N) is 5. The first-order valence-corrected chi connectivity index (χ1v) is 22.6. The standard InChI is InChI=1S/C49H58N8O7S/c1-7-31(2)42(57-29-41(59)56(48(57)63)28-37-30-65-46(53-37)35-16-13-22-50-27-35)44(60)54-39(25-32-14-9-8-10-15-32)40(58)26-36(52-45(61)43(49(3,4)5)55-47(62)64-6)24-33-18-20-34(21-19-33)38-17-11-12-23-51-38/h8-23,27,29-31,36,39-40,42-43,58-59H,7,24-26,28H2,1-6H3,(H,52,61)(H,54,60)(H,55,62). The van der Waals surface area contributed by atoms with Gasteiger partial charge in [-0.05, 0) is 66.0 Å². The lowest BCUT2D eigenvalue weighted by atomic mass is 9.85. The third-order valence-corrected chi connectivity index (χ3v) is 12.4. The number of hydrogen-bond donors (Lipinski definition) is 5. The van der Waals surface area contributed by atoms with Gasteiger partial charge in [0.15, 0.2) is 0 Å². The number of hydrogen-bond acceptors (Lipinski definition) is 11. The molecule has 16 heteroatoms. The minimum atomic E-state index is -1.22. The number of amides is 3. The van der Waals surface area contributed by atoms with Crippen LogP contribution in [0.1, 0.15) is 70.3 Å². The normalized spacial score (nSPS) is 14.3. The van der Waals surface area contributed by atoms with Crippen LogP contribution in [-0.2, 0) is 33.7 Å². The van der Waals surface area contributed by atoms with E-state index in [0.29, 0.717) is 23.5 Å². The number of aromatic hydroxyl groups is 1. The molecule has 0 spiro atoms. The molecule has 0 saturated heterocycles. The first kappa shape index (κ1) is 47.8.